The quantitative estimate of drug-likeness (QED) is 0.922. The van der Waals surface area contributed by atoms with E-state index in [-0.39, 0.29) is 11.5 Å². The molecule has 3 rings (SSSR count). The van der Waals surface area contributed by atoms with E-state index in [9.17, 15) is 9.90 Å². The van der Waals surface area contributed by atoms with Crippen molar-refractivity contribution < 1.29 is 19.4 Å². The van der Waals surface area contributed by atoms with Crippen molar-refractivity contribution in [2.24, 2.45) is 0 Å². The van der Waals surface area contributed by atoms with Crippen LogP contribution in [0.4, 0.5) is 0 Å². The SMILES string of the molecule is Cc1ccc(C2CCC(C)(C)OC2)c(OC2(C(=O)O)CC2)c1. The molecule has 0 spiro atoms. The standard InChI is InChI=1S/C18H24O4/c1-12-4-5-14(13-6-7-17(2,3)21-11-13)15(10-12)22-18(8-9-18)16(19)20/h4-5,10,13H,6-9,11H2,1-3H3,(H,19,20). The fourth-order valence-corrected chi connectivity index (χ4v) is 3.00. The van der Waals surface area contributed by atoms with Gasteiger partial charge in [-0.2, -0.15) is 0 Å². The van der Waals surface area contributed by atoms with Gasteiger partial charge in [0.2, 0.25) is 5.60 Å². The van der Waals surface area contributed by atoms with Crippen molar-refractivity contribution in [2.75, 3.05) is 6.61 Å². The highest BCUT2D eigenvalue weighted by Gasteiger charge is 2.54. The molecule has 4 heteroatoms. The Balaban J connectivity index is 1.84. The van der Waals surface area contributed by atoms with E-state index < -0.39 is 11.6 Å². The van der Waals surface area contributed by atoms with Crippen LogP contribution in [0.15, 0.2) is 18.2 Å². The molecule has 1 aliphatic heterocycles. The maximum absolute atomic E-state index is 11.4. The van der Waals surface area contributed by atoms with Crippen molar-refractivity contribution in [3.05, 3.63) is 29.3 Å². The number of carboxylic acid groups (broad SMARTS) is 1. The molecule has 120 valence electrons. The summed E-state index contributed by atoms with van der Waals surface area (Å²) in [6.45, 7) is 6.88. The maximum Gasteiger partial charge on any atom is 0.348 e. The van der Waals surface area contributed by atoms with E-state index in [2.05, 4.69) is 26.0 Å². The third-order valence-corrected chi connectivity index (χ3v) is 4.78. The minimum Gasteiger partial charge on any atom is -0.478 e. The molecular weight excluding hydrogens is 280 g/mol. The van der Waals surface area contributed by atoms with Crippen LogP contribution in [0.5, 0.6) is 5.75 Å². The van der Waals surface area contributed by atoms with Gasteiger partial charge in [-0.25, -0.2) is 4.79 Å². The number of aliphatic carboxylic acids is 1. The summed E-state index contributed by atoms with van der Waals surface area (Å²) < 4.78 is 11.9. The highest BCUT2D eigenvalue weighted by atomic mass is 16.5. The molecule has 1 heterocycles. The first kappa shape index (κ1) is 15.3. The van der Waals surface area contributed by atoms with Crippen molar-refractivity contribution in [1.82, 2.24) is 0 Å². The number of hydrogen-bond donors (Lipinski definition) is 1. The van der Waals surface area contributed by atoms with Crippen LogP contribution < -0.4 is 4.74 Å². The van der Waals surface area contributed by atoms with E-state index >= 15 is 0 Å². The Morgan fingerprint density at radius 3 is 2.59 bits per heavy atom. The first-order chi connectivity index (χ1) is 10.3. The normalized spacial score (nSPS) is 25.5. The average molecular weight is 304 g/mol. The molecule has 1 N–H and O–H groups in total. The summed E-state index contributed by atoms with van der Waals surface area (Å²) in [6.07, 6.45) is 3.20. The molecule has 22 heavy (non-hydrogen) atoms. The molecule has 0 radical (unpaired) electrons. The minimum atomic E-state index is -1.00. The van der Waals surface area contributed by atoms with E-state index in [4.69, 9.17) is 9.47 Å². The topological polar surface area (TPSA) is 55.8 Å². The molecule has 1 unspecified atom stereocenters. The molecule has 1 saturated heterocycles. The molecule has 2 fully saturated rings. The van der Waals surface area contributed by atoms with E-state index in [1.807, 2.05) is 13.0 Å². The zero-order chi connectivity index (χ0) is 16.0. The van der Waals surface area contributed by atoms with Crippen LogP contribution in [0.1, 0.15) is 56.6 Å². The number of carboxylic acids is 1. The second kappa shape index (κ2) is 5.27. The Morgan fingerprint density at radius 2 is 2.05 bits per heavy atom. The highest BCUT2D eigenvalue weighted by molar-refractivity contribution is 5.81. The Morgan fingerprint density at radius 1 is 1.32 bits per heavy atom. The highest BCUT2D eigenvalue weighted by Crippen LogP contribution is 2.44. The second-order valence-electron chi connectivity index (χ2n) is 7.25. The summed E-state index contributed by atoms with van der Waals surface area (Å²) in [6, 6.07) is 6.08. The lowest BCUT2D eigenvalue weighted by atomic mass is 9.86. The number of aryl methyl sites for hydroxylation is 1. The molecule has 0 aromatic heterocycles. The average Bonchev–Trinajstić information content (AvgIpc) is 3.21. The zero-order valence-corrected chi connectivity index (χ0v) is 13.5. The molecule has 1 aliphatic carbocycles. The van der Waals surface area contributed by atoms with Crippen LogP contribution in [-0.2, 0) is 9.53 Å². The first-order valence-corrected chi connectivity index (χ1v) is 7.98. The van der Waals surface area contributed by atoms with Crippen LogP contribution in [0.25, 0.3) is 0 Å². The maximum atomic E-state index is 11.4. The molecule has 0 bridgehead atoms. The number of ether oxygens (including phenoxy) is 2. The third-order valence-electron chi connectivity index (χ3n) is 4.78. The molecule has 1 aromatic carbocycles. The van der Waals surface area contributed by atoms with Gasteiger partial charge in [-0.15, -0.1) is 0 Å². The van der Waals surface area contributed by atoms with Gasteiger partial charge in [-0.05, 0) is 50.8 Å². The summed E-state index contributed by atoms with van der Waals surface area (Å²) >= 11 is 0. The molecule has 1 aromatic rings. The first-order valence-electron chi connectivity index (χ1n) is 7.98. The van der Waals surface area contributed by atoms with Gasteiger partial charge in [0.25, 0.3) is 0 Å². The van der Waals surface area contributed by atoms with Gasteiger partial charge in [-0.1, -0.05) is 12.1 Å². The van der Waals surface area contributed by atoms with Gasteiger partial charge < -0.3 is 14.6 Å². The fourth-order valence-electron chi connectivity index (χ4n) is 3.00. The number of hydrogen-bond acceptors (Lipinski definition) is 3. The predicted molar refractivity (Wildman–Crippen MR) is 83.4 cm³/mol. The summed E-state index contributed by atoms with van der Waals surface area (Å²) in [5.74, 6) is 0.127. The second-order valence-corrected chi connectivity index (χ2v) is 7.25. The summed E-state index contributed by atoms with van der Waals surface area (Å²) in [5.41, 5.74) is 1.09. The van der Waals surface area contributed by atoms with Crippen LogP contribution in [-0.4, -0.2) is 28.9 Å². The van der Waals surface area contributed by atoms with Gasteiger partial charge >= 0.3 is 5.97 Å². The van der Waals surface area contributed by atoms with Crippen molar-refractivity contribution in [2.45, 2.75) is 63.6 Å². The molecule has 2 aliphatic rings. The summed E-state index contributed by atoms with van der Waals surface area (Å²) in [4.78, 5) is 11.4. The van der Waals surface area contributed by atoms with Crippen molar-refractivity contribution in [3.63, 3.8) is 0 Å². The Kier molecular flexibility index (Phi) is 3.68. The fraction of sp³-hybridized carbons (Fsp3) is 0.611. The number of carbonyl (C=O) groups is 1. The molecular formula is C18H24O4. The van der Waals surface area contributed by atoms with Gasteiger partial charge in [0.05, 0.1) is 12.2 Å². The molecule has 0 amide bonds. The zero-order valence-electron chi connectivity index (χ0n) is 13.5. The lowest BCUT2D eigenvalue weighted by Crippen LogP contribution is -2.33. The lowest BCUT2D eigenvalue weighted by molar-refractivity contribution is -0.147. The number of benzene rings is 1. The predicted octanol–water partition coefficient (Wildman–Crippen LogP) is 3.66. The van der Waals surface area contributed by atoms with E-state index in [0.29, 0.717) is 25.2 Å². The molecule has 1 atom stereocenters. The molecule has 4 nitrogen and oxygen atoms in total. The lowest BCUT2D eigenvalue weighted by Gasteiger charge is -2.35. The van der Waals surface area contributed by atoms with Crippen molar-refractivity contribution in [1.29, 1.82) is 0 Å². The van der Waals surface area contributed by atoms with Crippen LogP contribution in [0, 0.1) is 6.92 Å². The van der Waals surface area contributed by atoms with Gasteiger partial charge in [0.1, 0.15) is 5.75 Å². The smallest absolute Gasteiger partial charge is 0.348 e. The van der Waals surface area contributed by atoms with Gasteiger partial charge in [0.15, 0.2) is 0 Å². The van der Waals surface area contributed by atoms with Gasteiger partial charge in [0, 0.05) is 18.8 Å². The summed E-state index contributed by atoms with van der Waals surface area (Å²) in [5, 5.41) is 9.35. The van der Waals surface area contributed by atoms with Crippen molar-refractivity contribution >= 4 is 5.97 Å². The third kappa shape index (κ3) is 2.98. The van der Waals surface area contributed by atoms with E-state index in [1.54, 1.807) is 0 Å². The Bertz CT molecular complexity index is 577. The van der Waals surface area contributed by atoms with E-state index in [0.717, 1.165) is 24.0 Å². The Hall–Kier alpha value is -1.55. The largest absolute Gasteiger partial charge is 0.478 e. The van der Waals surface area contributed by atoms with E-state index in [1.165, 1.54) is 0 Å². The van der Waals surface area contributed by atoms with Crippen LogP contribution in [0.2, 0.25) is 0 Å². The van der Waals surface area contributed by atoms with Crippen molar-refractivity contribution in [3.8, 4) is 5.75 Å². The minimum absolute atomic E-state index is 0.0685. The van der Waals surface area contributed by atoms with Crippen LogP contribution in [0.3, 0.4) is 0 Å². The molecule has 1 saturated carbocycles. The van der Waals surface area contributed by atoms with Gasteiger partial charge in [-0.3, -0.25) is 0 Å². The van der Waals surface area contributed by atoms with Crippen LogP contribution >= 0.6 is 0 Å². The summed E-state index contributed by atoms with van der Waals surface area (Å²) in [7, 11) is 0. The Labute approximate surface area is 131 Å². The monoisotopic (exact) mass is 304 g/mol. The number of rotatable bonds is 4.